The van der Waals surface area contributed by atoms with Crippen LogP contribution in [0.25, 0.3) is 0 Å². The van der Waals surface area contributed by atoms with Gasteiger partial charge in [-0.2, -0.15) is 0 Å². The molecule has 0 N–H and O–H groups in total. The first-order valence-electron chi connectivity index (χ1n) is 7.39. The normalized spacial score (nSPS) is 19.1. The molecule has 3 rings (SSSR count). The number of hydrogen-bond acceptors (Lipinski definition) is 1. The molecule has 0 saturated carbocycles. The van der Waals surface area contributed by atoms with Gasteiger partial charge >= 0.3 is 0 Å². The Labute approximate surface area is 125 Å². The Balaban J connectivity index is 1.61. The van der Waals surface area contributed by atoms with Gasteiger partial charge in [0, 0.05) is 19.6 Å². The van der Waals surface area contributed by atoms with E-state index in [0.29, 0.717) is 5.92 Å². The zero-order valence-corrected chi connectivity index (χ0v) is 12.1. The largest absolute Gasteiger partial charge is 0.295 e. The molecule has 1 aliphatic rings. The second-order valence-corrected chi connectivity index (χ2v) is 5.84. The molecule has 0 spiro atoms. The fourth-order valence-corrected chi connectivity index (χ4v) is 3.00. The van der Waals surface area contributed by atoms with E-state index in [0.717, 1.165) is 26.1 Å². The predicted octanol–water partition coefficient (Wildman–Crippen LogP) is 4.06. The monoisotopic (exact) mass is 281 g/mol. The Morgan fingerprint density at radius 1 is 1.00 bits per heavy atom. The van der Waals surface area contributed by atoms with Gasteiger partial charge < -0.3 is 0 Å². The van der Waals surface area contributed by atoms with Crippen LogP contribution in [0.1, 0.15) is 11.1 Å². The minimum atomic E-state index is -0.172. The highest BCUT2D eigenvalue weighted by molar-refractivity contribution is 5.22. The van der Waals surface area contributed by atoms with Gasteiger partial charge in [0.1, 0.15) is 5.82 Å². The molecule has 1 unspecified atom stereocenters. The lowest BCUT2D eigenvalue weighted by Gasteiger charge is -2.15. The molecule has 1 aliphatic heterocycles. The van der Waals surface area contributed by atoms with E-state index in [1.807, 2.05) is 18.2 Å². The van der Waals surface area contributed by atoms with Crippen LogP contribution in [0.4, 0.5) is 4.39 Å². The molecule has 1 heterocycles. The van der Waals surface area contributed by atoms with Gasteiger partial charge in [0.25, 0.3) is 0 Å². The Bertz CT molecular complexity index is 603. The van der Waals surface area contributed by atoms with E-state index in [1.165, 1.54) is 28.8 Å². The second kappa shape index (κ2) is 6.23. The average molecular weight is 281 g/mol. The van der Waals surface area contributed by atoms with E-state index in [9.17, 15) is 4.39 Å². The van der Waals surface area contributed by atoms with Crippen molar-refractivity contribution in [3.8, 4) is 0 Å². The van der Waals surface area contributed by atoms with Gasteiger partial charge in [-0.1, -0.05) is 54.6 Å². The van der Waals surface area contributed by atoms with Crippen molar-refractivity contribution < 1.29 is 4.39 Å². The Morgan fingerprint density at radius 3 is 2.43 bits per heavy atom. The summed E-state index contributed by atoms with van der Waals surface area (Å²) in [5.74, 6) is 0.300. The lowest BCUT2D eigenvalue weighted by atomic mass is 9.95. The van der Waals surface area contributed by atoms with Crippen molar-refractivity contribution in [2.75, 3.05) is 13.1 Å². The number of rotatable bonds is 4. The first-order chi connectivity index (χ1) is 10.2. The van der Waals surface area contributed by atoms with Gasteiger partial charge in [0.05, 0.1) is 0 Å². The van der Waals surface area contributed by atoms with Gasteiger partial charge in [0.2, 0.25) is 0 Å². The highest BCUT2D eigenvalue weighted by Crippen LogP contribution is 2.26. The van der Waals surface area contributed by atoms with Crippen LogP contribution in [0.2, 0.25) is 0 Å². The Kier molecular flexibility index (Phi) is 4.16. The maximum absolute atomic E-state index is 13.0. The molecule has 0 aromatic heterocycles. The van der Waals surface area contributed by atoms with Crippen molar-refractivity contribution in [3.63, 3.8) is 0 Å². The van der Waals surface area contributed by atoms with Gasteiger partial charge in [-0.3, -0.25) is 4.90 Å². The van der Waals surface area contributed by atoms with E-state index in [-0.39, 0.29) is 5.82 Å². The van der Waals surface area contributed by atoms with Crippen molar-refractivity contribution in [1.82, 2.24) is 4.90 Å². The van der Waals surface area contributed by atoms with E-state index < -0.39 is 0 Å². The molecule has 0 radical (unpaired) electrons. The zero-order chi connectivity index (χ0) is 14.7. The van der Waals surface area contributed by atoms with Crippen molar-refractivity contribution in [1.29, 1.82) is 0 Å². The third-order valence-electron chi connectivity index (χ3n) is 4.13. The lowest BCUT2D eigenvalue weighted by molar-refractivity contribution is 0.317. The number of likely N-dealkylation sites (tertiary alicyclic amines) is 1. The smallest absolute Gasteiger partial charge is 0.123 e. The summed E-state index contributed by atoms with van der Waals surface area (Å²) in [6.45, 7) is 7.19. The van der Waals surface area contributed by atoms with Crippen LogP contribution in [0.3, 0.4) is 0 Å². The van der Waals surface area contributed by atoms with Crippen LogP contribution < -0.4 is 0 Å². The topological polar surface area (TPSA) is 3.24 Å². The van der Waals surface area contributed by atoms with Crippen LogP contribution in [0, 0.1) is 11.7 Å². The minimum Gasteiger partial charge on any atom is -0.295 e. The minimum absolute atomic E-state index is 0.172. The van der Waals surface area contributed by atoms with Gasteiger partial charge in [-0.05, 0) is 35.6 Å². The average Bonchev–Trinajstić information content (AvgIpc) is 2.82. The lowest BCUT2D eigenvalue weighted by Crippen LogP contribution is -2.20. The zero-order valence-electron chi connectivity index (χ0n) is 12.1. The fourth-order valence-electron chi connectivity index (χ4n) is 3.00. The van der Waals surface area contributed by atoms with Crippen LogP contribution in [0.15, 0.2) is 66.7 Å². The van der Waals surface area contributed by atoms with Crippen molar-refractivity contribution in [2.45, 2.75) is 13.0 Å². The van der Waals surface area contributed by atoms with Crippen LogP contribution in [-0.2, 0) is 13.0 Å². The summed E-state index contributed by atoms with van der Waals surface area (Å²) in [4.78, 5) is 2.44. The van der Waals surface area contributed by atoms with E-state index in [1.54, 1.807) is 0 Å². The molecule has 2 aromatic rings. The molecule has 2 heteroatoms. The summed E-state index contributed by atoms with van der Waals surface area (Å²) in [6, 6.07) is 17.4. The third-order valence-corrected chi connectivity index (χ3v) is 4.13. The molecular weight excluding hydrogens is 261 g/mol. The highest BCUT2D eigenvalue weighted by Gasteiger charge is 2.25. The summed E-state index contributed by atoms with van der Waals surface area (Å²) in [5, 5.41) is 0. The number of hydrogen-bond donors (Lipinski definition) is 0. The van der Waals surface area contributed by atoms with Crippen LogP contribution >= 0.6 is 0 Å². The Hall–Kier alpha value is -1.93. The van der Waals surface area contributed by atoms with Crippen LogP contribution in [-0.4, -0.2) is 18.0 Å². The predicted molar refractivity (Wildman–Crippen MR) is 84.5 cm³/mol. The fraction of sp³-hybridized carbons (Fsp3) is 0.263. The van der Waals surface area contributed by atoms with Gasteiger partial charge in [0.15, 0.2) is 0 Å². The van der Waals surface area contributed by atoms with Crippen molar-refractivity contribution >= 4 is 0 Å². The molecule has 0 bridgehead atoms. The molecule has 2 aromatic carbocycles. The molecule has 0 amide bonds. The molecule has 1 fully saturated rings. The SMILES string of the molecule is C=C1CN(Cc2ccccc2)CC1Cc1ccc(F)cc1. The van der Waals surface area contributed by atoms with E-state index in [2.05, 4.69) is 35.7 Å². The number of benzene rings is 2. The van der Waals surface area contributed by atoms with Crippen molar-refractivity contribution in [2.24, 2.45) is 5.92 Å². The molecule has 21 heavy (non-hydrogen) atoms. The summed E-state index contributed by atoms with van der Waals surface area (Å²) >= 11 is 0. The Morgan fingerprint density at radius 2 is 1.71 bits per heavy atom. The standard InChI is InChI=1S/C19H20FN/c1-15-12-21(13-17-5-3-2-4-6-17)14-18(15)11-16-7-9-19(20)10-8-16/h2-10,18H,1,11-14H2. The number of halogens is 1. The van der Waals surface area contributed by atoms with Crippen LogP contribution in [0.5, 0.6) is 0 Å². The first-order valence-corrected chi connectivity index (χ1v) is 7.39. The molecule has 1 nitrogen and oxygen atoms in total. The summed E-state index contributed by atoms with van der Waals surface area (Å²) in [6.07, 6.45) is 0.949. The number of nitrogens with zero attached hydrogens (tertiary/aromatic N) is 1. The van der Waals surface area contributed by atoms with Crippen molar-refractivity contribution in [3.05, 3.63) is 83.7 Å². The maximum atomic E-state index is 13.0. The van der Waals surface area contributed by atoms with Gasteiger partial charge in [-0.25, -0.2) is 4.39 Å². The summed E-state index contributed by atoms with van der Waals surface area (Å²) in [7, 11) is 0. The van der Waals surface area contributed by atoms with E-state index in [4.69, 9.17) is 0 Å². The summed E-state index contributed by atoms with van der Waals surface area (Å²) < 4.78 is 13.0. The summed E-state index contributed by atoms with van der Waals surface area (Å²) in [5.41, 5.74) is 3.81. The molecule has 0 aliphatic carbocycles. The van der Waals surface area contributed by atoms with E-state index >= 15 is 0 Å². The highest BCUT2D eigenvalue weighted by atomic mass is 19.1. The molecule has 108 valence electrons. The molecule has 1 saturated heterocycles. The maximum Gasteiger partial charge on any atom is 0.123 e. The molecular formula is C19H20FN. The first kappa shape index (κ1) is 14.0. The third kappa shape index (κ3) is 3.59. The molecule has 1 atom stereocenters. The van der Waals surface area contributed by atoms with Gasteiger partial charge in [-0.15, -0.1) is 0 Å². The quantitative estimate of drug-likeness (QED) is 0.764. The second-order valence-electron chi connectivity index (χ2n) is 5.84.